The molecule has 2 atom stereocenters. The van der Waals surface area contributed by atoms with Crippen LogP contribution in [0, 0.1) is 0 Å². The molecule has 1 heterocycles. The van der Waals surface area contributed by atoms with Gasteiger partial charge in [0, 0.05) is 19.4 Å². The third kappa shape index (κ3) is 7.20. The third-order valence-electron chi connectivity index (χ3n) is 4.99. The van der Waals surface area contributed by atoms with E-state index in [4.69, 9.17) is 5.11 Å². The Bertz CT molecular complexity index is 733. The standard InChI is InChI=1S/C21H26F3NO4/c22-21(23,24)16-7-5-6-15(14-16)18(26)11-9-17-10-12-19(27)25(17)13-4-2-1-3-8-20(28)29/h5-7,9,11,14,17-18,26H,1-4,8,10,12-13H2,(H,28,29)/t17?,18-/m1/s1. The van der Waals surface area contributed by atoms with Gasteiger partial charge in [0.05, 0.1) is 17.7 Å². The molecular formula is C21H26F3NO4. The van der Waals surface area contributed by atoms with E-state index in [1.807, 2.05) is 0 Å². The number of halogens is 3. The van der Waals surface area contributed by atoms with Gasteiger partial charge in [-0.15, -0.1) is 0 Å². The number of carbonyl (C=O) groups excluding carboxylic acids is 1. The summed E-state index contributed by atoms with van der Waals surface area (Å²) in [6.07, 6.45) is 1.55. The molecule has 1 saturated heterocycles. The molecule has 0 aliphatic carbocycles. The zero-order chi connectivity index (χ0) is 21.4. The lowest BCUT2D eigenvalue weighted by molar-refractivity contribution is -0.138. The molecule has 160 valence electrons. The molecule has 2 rings (SSSR count). The highest BCUT2D eigenvalue weighted by atomic mass is 19.4. The van der Waals surface area contributed by atoms with E-state index < -0.39 is 23.8 Å². The topological polar surface area (TPSA) is 77.8 Å². The van der Waals surface area contributed by atoms with Crippen molar-refractivity contribution in [1.29, 1.82) is 0 Å². The van der Waals surface area contributed by atoms with Crippen molar-refractivity contribution in [2.24, 2.45) is 0 Å². The van der Waals surface area contributed by atoms with Crippen molar-refractivity contribution >= 4 is 11.9 Å². The fraction of sp³-hybridized carbons (Fsp3) is 0.524. The molecule has 1 aliphatic rings. The van der Waals surface area contributed by atoms with Crippen LogP contribution in [0.15, 0.2) is 36.4 Å². The number of hydrogen-bond donors (Lipinski definition) is 2. The fourth-order valence-corrected chi connectivity index (χ4v) is 3.40. The first-order valence-corrected chi connectivity index (χ1v) is 9.73. The molecule has 1 fully saturated rings. The summed E-state index contributed by atoms with van der Waals surface area (Å²) in [4.78, 5) is 24.3. The summed E-state index contributed by atoms with van der Waals surface area (Å²) in [5.41, 5.74) is -0.673. The maximum atomic E-state index is 12.8. The summed E-state index contributed by atoms with van der Waals surface area (Å²) >= 11 is 0. The summed E-state index contributed by atoms with van der Waals surface area (Å²) in [6.45, 7) is 0.542. The Labute approximate surface area is 167 Å². The molecule has 1 unspecified atom stereocenters. The molecule has 0 bridgehead atoms. The van der Waals surface area contributed by atoms with Crippen molar-refractivity contribution in [2.45, 2.75) is 63.3 Å². The van der Waals surface area contributed by atoms with Crippen LogP contribution in [0.25, 0.3) is 0 Å². The van der Waals surface area contributed by atoms with Crippen LogP contribution in [0.1, 0.15) is 62.2 Å². The average molecular weight is 413 g/mol. The number of aliphatic carboxylic acids is 1. The number of aliphatic hydroxyl groups is 1. The lowest BCUT2D eigenvalue weighted by atomic mass is 10.0. The first kappa shape index (κ1) is 22.9. The van der Waals surface area contributed by atoms with Gasteiger partial charge in [0.25, 0.3) is 0 Å². The lowest BCUT2D eigenvalue weighted by Gasteiger charge is -2.22. The van der Waals surface area contributed by atoms with Gasteiger partial charge in [-0.2, -0.15) is 13.2 Å². The van der Waals surface area contributed by atoms with Gasteiger partial charge < -0.3 is 15.1 Å². The maximum absolute atomic E-state index is 12.8. The summed E-state index contributed by atoms with van der Waals surface area (Å²) < 4.78 is 38.5. The molecule has 1 aromatic carbocycles. The molecule has 0 aromatic heterocycles. The van der Waals surface area contributed by atoms with E-state index in [9.17, 15) is 27.9 Å². The minimum Gasteiger partial charge on any atom is -0.481 e. The fourth-order valence-electron chi connectivity index (χ4n) is 3.40. The molecule has 0 spiro atoms. The number of nitrogens with zero attached hydrogens (tertiary/aromatic N) is 1. The van der Waals surface area contributed by atoms with Crippen molar-refractivity contribution in [1.82, 2.24) is 4.90 Å². The van der Waals surface area contributed by atoms with Crippen molar-refractivity contribution < 1.29 is 33.0 Å². The van der Waals surface area contributed by atoms with Gasteiger partial charge in [-0.25, -0.2) is 0 Å². The largest absolute Gasteiger partial charge is 0.481 e. The van der Waals surface area contributed by atoms with Crippen molar-refractivity contribution in [2.75, 3.05) is 6.54 Å². The number of rotatable bonds is 10. The Morgan fingerprint density at radius 1 is 1.24 bits per heavy atom. The molecule has 1 amide bonds. The zero-order valence-electron chi connectivity index (χ0n) is 16.1. The molecule has 8 heteroatoms. The smallest absolute Gasteiger partial charge is 0.416 e. The van der Waals surface area contributed by atoms with E-state index in [0.29, 0.717) is 25.8 Å². The Kier molecular flexibility index (Phi) is 8.25. The van der Waals surface area contributed by atoms with E-state index in [1.54, 1.807) is 11.0 Å². The first-order valence-electron chi connectivity index (χ1n) is 9.73. The van der Waals surface area contributed by atoms with Gasteiger partial charge in [0.1, 0.15) is 0 Å². The van der Waals surface area contributed by atoms with Gasteiger partial charge in [-0.1, -0.05) is 37.1 Å². The summed E-state index contributed by atoms with van der Waals surface area (Å²) in [5.74, 6) is -0.803. The van der Waals surface area contributed by atoms with Gasteiger partial charge >= 0.3 is 12.1 Å². The second kappa shape index (κ2) is 10.4. The molecule has 29 heavy (non-hydrogen) atoms. The Morgan fingerprint density at radius 3 is 2.66 bits per heavy atom. The molecule has 2 N–H and O–H groups in total. The minimum absolute atomic E-state index is 0.0127. The summed E-state index contributed by atoms with van der Waals surface area (Å²) in [6, 6.07) is 4.36. The first-order chi connectivity index (χ1) is 13.7. The van der Waals surface area contributed by atoms with Crippen LogP contribution < -0.4 is 0 Å². The Balaban J connectivity index is 1.89. The predicted molar refractivity (Wildman–Crippen MR) is 101 cm³/mol. The number of hydrogen-bond acceptors (Lipinski definition) is 3. The van der Waals surface area contributed by atoms with E-state index in [0.717, 1.165) is 31.4 Å². The molecule has 1 aliphatic heterocycles. The molecule has 0 radical (unpaired) electrons. The zero-order valence-corrected chi connectivity index (χ0v) is 16.1. The van der Waals surface area contributed by atoms with E-state index >= 15 is 0 Å². The van der Waals surface area contributed by atoms with E-state index in [2.05, 4.69) is 0 Å². The summed E-state index contributed by atoms with van der Waals surface area (Å²) in [5, 5.41) is 18.9. The monoisotopic (exact) mass is 413 g/mol. The van der Waals surface area contributed by atoms with Crippen LogP contribution >= 0.6 is 0 Å². The van der Waals surface area contributed by atoms with Gasteiger partial charge in [-0.3, -0.25) is 9.59 Å². The van der Waals surface area contributed by atoms with Crippen LogP contribution in [0.4, 0.5) is 13.2 Å². The average Bonchev–Trinajstić information content (AvgIpc) is 3.01. The lowest BCUT2D eigenvalue weighted by Crippen LogP contribution is -2.32. The highest BCUT2D eigenvalue weighted by Crippen LogP contribution is 2.31. The number of amides is 1. The number of likely N-dealkylation sites (tertiary alicyclic amines) is 1. The molecule has 1 aromatic rings. The predicted octanol–water partition coefficient (Wildman–Crippen LogP) is 4.32. The minimum atomic E-state index is -4.47. The highest BCUT2D eigenvalue weighted by molar-refractivity contribution is 5.79. The van der Waals surface area contributed by atoms with Crippen molar-refractivity contribution in [3.63, 3.8) is 0 Å². The quantitative estimate of drug-likeness (QED) is 0.442. The van der Waals surface area contributed by atoms with Crippen molar-refractivity contribution in [3.8, 4) is 0 Å². The number of alkyl halides is 3. The Hall–Kier alpha value is -2.35. The molecule has 5 nitrogen and oxygen atoms in total. The molecular weight excluding hydrogens is 387 g/mol. The second-order valence-electron chi connectivity index (χ2n) is 7.20. The normalized spacial score (nSPS) is 18.6. The van der Waals surface area contributed by atoms with Crippen LogP contribution in [-0.4, -0.2) is 39.6 Å². The second-order valence-corrected chi connectivity index (χ2v) is 7.20. The van der Waals surface area contributed by atoms with Crippen molar-refractivity contribution in [3.05, 3.63) is 47.5 Å². The summed E-state index contributed by atoms with van der Waals surface area (Å²) in [7, 11) is 0. The number of carboxylic acids is 1. The SMILES string of the molecule is O=C(O)CCCCCCN1C(=O)CCC1C=C[C@@H](O)c1cccc(C(F)(F)F)c1. The number of benzene rings is 1. The maximum Gasteiger partial charge on any atom is 0.416 e. The highest BCUT2D eigenvalue weighted by Gasteiger charge is 2.31. The van der Waals surface area contributed by atoms with Crippen LogP contribution in [-0.2, 0) is 15.8 Å². The number of aliphatic hydroxyl groups excluding tert-OH is 1. The number of carbonyl (C=O) groups is 2. The van der Waals surface area contributed by atoms with E-state index in [1.165, 1.54) is 18.2 Å². The van der Waals surface area contributed by atoms with Gasteiger partial charge in [0.2, 0.25) is 5.91 Å². The third-order valence-corrected chi connectivity index (χ3v) is 4.99. The van der Waals surface area contributed by atoms with Gasteiger partial charge in [0.15, 0.2) is 0 Å². The number of carboxylic acid groups (broad SMARTS) is 1. The van der Waals surface area contributed by atoms with Crippen LogP contribution in [0.5, 0.6) is 0 Å². The van der Waals surface area contributed by atoms with Crippen LogP contribution in [0.2, 0.25) is 0 Å². The van der Waals surface area contributed by atoms with Gasteiger partial charge in [-0.05, 0) is 37.0 Å². The Morgan fingerprint density at radius 2 is 1.97 bits per heavy atom. The number of unbranched alkanes of at least 4 members (excludes halogenated alkanes) is 3. The molecule has 0 saturated carbocycles. The van der Waals surface area contributed by atoms with Crippen LogP contribution in [0.3, 0.4) is 0 Å². The van der Waals surface area contributed by atoms with E-state index in [-0.39, 0.29) is 23.9 Å².